The Kier molecular flexibility index (Phi) is 2.15. The van der Waals surface area contributed by atoms with E-state index in [0.29, 0.717) is 5.54 Å². The molecule has 0 bridgehead atoms. The fourth-order valence-corrected chi connectivity index (χ4v) is 3.14. The minimum Gasteiger partial charge on any atom is -0.328 e. The first-order valence-electron chi connectivity index (χ1n) is 6.38. The fraction of sp³-hybridized carbons (Fsp3) is 0.769. The Morgan fingerprint density at radius 3 is 2.69 bits per heavy atom. The summed E-state index contributed by atoms with van der Waals surface area (Å²) in [6, 6.07) is 0. The number of aromatic nitrogens is 2. The smallest absolute Gasteiger partial charge is 0.0953 e. The maximum atomic E-state index is 4.40. The largest absolute Gasteiger partial charge is 0.328 e. The molecule has 16 heavy (non-hydrogen) atoms. The minimum atomic E-state index is 0.287. The van der Waals surface area contributed by atoms with E-state index in [0.717, 1.165) is 13.1 Å². The average molecular weight is 219 g/mol. The van der Waals surface area contributed by atoms with Crippen LogP contribution in [0.15, 0.2) is 12.5 Å². The summed E-state index contributed by atoms with van der Waals surface area (Å²) in [5.41, 5.74) is 2.06. The third-order valence-corrected chi connectivity index (χ3v) is 4.64. The summed E-state index contributed by atoms with van der Waals surface area (Å²) in [5, 5.41) is 3.47. The van der Waals surface area contributed by atoms with Gasteiger partial charge in [0.15, 0.2) is 0 Å². The lowest BCUT2D eigenvalue weighted by atomic mass is 9.76. The SMILES string of the molecule is CC1(c2cncn2C2(C)CCC2)CCNC1. The first-order chi connectivity index (χ1) is 7.64. The van der Waals surface area contributed by atoms with Gasteiger partial charge in [0.1, 0.15) is 0 Å². The number of imidazole rings is 1. The highest BCUT2D eigenvalue weighted by Gasteiger charge is 2.40. The Bertz CT molecular complexity index is 384. The van der Waals surface area contributed by atoms with Gasteiger partial charge in [-0.05, 0) is 39.2 Å². The van der Waals surface area contributed by atoms with Gasteiger partial charge in [0.25, 0.3) is 0 Å². The van der Waals surface area contributed by atoms with Gasteiger partial charge in [0, 0.05) is 29.4 Å². The summed E-state index contributed by atoms with van der Waals surface area (Å²) in [6.45, 7) is 6.96. The van der Waals surface area contributed by atoms with E-state index in [2.05, 4.69) is 34.9 Å². The molecular formula is C13H21N3. The third kappa shape index (κ3) is 1.34. The van der Waals surface area contributed by atoms with Crippen molar-refractivity contribution in [2.24, 2.45) is 0 Å². The molecule has 1 aromatic heterocycles. The van der Waals surface area contributed by atoms with Crippen LogP contribution in [0, 0.1) is 0 Å². The van der Waals surface area contributed by atoms with Crippen molar-refractivity contribution < 1.29 is 0 Å². The summed E-state index contributed by atoms with van der Waals surface area (Å²) < 4.78 is 2.45. The lowest BCUT2D eigenvalue weighted by Gasteiger charge is -2.43. The van der Waals surface area contributed by atoms with Crippen molar-refractivity contribution in [1.82, 2.24) is 14.9 Å². The molecule has 1 N–H and O–H groups in total. The van der Waals surface area contributed by atoms with E-state index < -0.39 is 0 Å². The van der Waals surface area contributed by atoms with Crippen LogP contribution in [0.4, 0.5) is 0 Å². The van der Waals surface area contributed by atoms with E-state index in [9.17, 15) is 0 Å². The van der Waals surface area contributed by atoms with Crippen molar-refractivity contribution in [3.05, 3.63) is 18.2 Å². The van der Waals surface area contributed by atoms with Gasteiger partial charge in [-0.2, -0.15) is 0 Å². The molecule has 1 aromatic rings. The molecule has 1 unspecified atom stereocenters. The van der Waals surface area contributed by atoms with Crippen molar-refractivity contribution in [2.75, 3.05) is 13.1 Å². The topological polar surface area (TPSA) is 29.9 Å². The molecular weight excluding hydrogens is 198 g/mol. The van der Waals surface area contributed by atoms with Crippen LogP contribution in [0.3, 0.4) is 0 Å². The Labute approximate surface area is 97.3 Å². The van der Waals surface area contributed by atoms with Gasteiger partial charge in [0.2, 0.25) is 0 Å². The summed E-state index contributed by atoms with van der Waals surface area (Å²) in [6.07, 6.45) is 9.33. The molecule has 2 fully saturated rings. The second-order valence-corrected chi connectivity index (χ2v) is 5.99. The van der Waals surface area contributed by atoms with Crippen molar-refractivity contribution in [1.29, 1.82) is 0 Å². The van der Waals surface area contributed by atoms with Gasteiger partial charge in [-0.15, -0.1) is 0 Å². The molecule has 3 heteroatoms. The van der Waals surface area contributed by atoms with Crippen LogP contribution in [0.5, 0.6) is 0 Å². The summed E-state index contributed by atoms with van der Waals surface area (Å²) in [4.78, 5) is 4.40. The van der Waals surface area contributed by atoms with E-state index in [4.69, 9.17) is 0 Å². The number of hydrogen-bond acceptors (Lipinski definition) is 2. The summed E-state index contributed by atoms with van der Waals surface area (Å²) in [5.74, 6) is 0. The summed E-state index contributed by atoms with van der Waals surface area (Å²) in [7, 11) is 0. The Morgan fingerprint density at radius 1 is 1.31 bits per heavy atom. The highest BCUT2D eigenvalue weighted by molar-refractivity contribution is 5.20. The van der Waals surface area contributed by atoms with Crippen molar-refractivity contribution in [2.45, 2.75) is 50.5 Å². The lowest BCUT2D eigenvalue weighted by molar-refractivity contribution is 0.158. The van der Waals surface area contributed by atoms with Crippen LogP contribution in [0.2, 0.25) is 0 Å². The Balaban J connectivity index is 1.99. The molecule has 1 aliphatic heterocycles. The molecule has 0 radical (unpaired) electrons. The lowest BCUT2D eigenvalue weighted by Crippen LogP contribution is -2.41. The van der Waals surface area contributed by atoms with E-state index in [1.165, 1.54) is 31.4 Å². The highest BCUT2D eigenvalue weighted by atomic mass is 15.1. The molecule has 3 nitrogen and oxygen atoms in total. The van der Waals surface area contributed by atoms with Crippen LogP contribution < -0.4 is 5.32 Å². The van der Waals surface area contributed by atoms with Crippen LogP contribution in [-0.2, 0) is 11.0 Å². The summed E-state index contributed by atoms with van der Waals surface area (Å²) >= 11 is 0. The number of rotatable bonds is 2. The van der Waals surface area contributed by atoms with E-state index in [1.54, 1.807) is 0 Å². The zero-order chi connectivity index (χ0) is 11.2. The first kappa shape index (κ1) is 10.3. The normalized spacial score (nSPS) is 32.6. The molecule has 3 rings (SSSR count). The Hall–Kier alpha value is -0.830. The maximum absolute atomic E-state index is 4.40. The molecule has 1 saturated carbocycles. The standard InChI is InChI=1S/C13H21N3/c1-12(6-7-14-9-12)11-8-15-10-16(11)13(2)4-3-5-13/h8,10,14H,3-7,9H2,1-2H3. The second kappa shape index (κ2) is 3.33. The average Bonchev–Trinajstić information content (AvgIpc) is 2.82. The van der Waals surface area contributed by atoms with E-state index >= 15 is 0 Å². The van der Waals surface area contributed by atoms with Crippen LogP contribution in [0.25, 0.3) is 0 Å². The molecule has 1 saturated heterocycles. The van der Waals surface area contributed by atoms with Crippen LogP contribution >= 0.6 is 0 Å². The van der Waals surface area contributed by atoms with Gasteiger partial charge in [-0.3, -0.25) is 0 Å². The highest BCUT2D eigenvalue weighted by Crippen LogP contribution is 2.42. The molecule has 0 amide bonds. The van der Waals surface area contributed by atoms with Gasteiger partial charge in [-0.1, -0.05) is 6.92 Å². The molecule has 2 aliphatic rings. The first-order valence-corrected chi connectivity index (χ1v) is 6.38. The van der Waals surface area contributed by atoms with Gasteiger partial charge >= 0.3 is 0 Å². The number of hydrogen-bond donors (Lipinski definition) is 1. The number of nitrogens with one attached hydrogen (secondary N) is 1. The van der Waals surface area contributed by atoms with E-state index in [-0.39, 0.29) is 5.41 Å². The monoisotopic (exact) mass is 219 g/mol. The molecule has 0 aromatic carbocycles. The molecule has 1 atom stereocenters. The predicted octanol–water partition coefficient (Wildman–Crippen LogP) is 2.03. The van der Waals surface area contributed by atoms with Crippen LogP contribution in [-0.4, -0.2) is 22.6 Å². The zero-order valence-electron chi connectivity index (χ0n) is 10.3. The van der Waals surface area contributed by atoms with Crippen molar-refractivity contribution in [3.8, 4) is 0 Å². The molecule has 88 valence electrons. The quantitative estimate of drug-likeness (QED) is 0.825. The number of nitrogens with zero attached hydrogens (tertiary/aromatic N) is 2. The second-order valence-electron chi connectivity index (χ2n) is 5.99. The van der Waals surface area contributed by atoms with Crippen LogP contribution in [0.1, 0.15) is 45.2 Å². The maximum Gasteiger partial charge on any atom is 0.0953 e. The van der Waals surface area contributed by atoms with Crippen molar-refractivity contribution >= 4 is 0 Å². The van der Waals surface area contributed by atoms with Gasteiger partial charge < -0.3 is 9.88 Å². The molecule has 2 heterocycles. The third-order valence-electron chi connectivity index (χ3n) is 4.64. The fourth-order valence-electron chi connectivity index (χ4n) is 3.14. The zero-order valence-corrected chi connectivity index (χ0v) is 10.3. The van der Waals surface area contributed by atoms with Gasteiger partial charge in [0.05, 0.1) is 6.33 Å². The minimum absolute atomic E-state index is 0.287. The van der Waals surface area contributed by atoms with Crippen molar-refractivity contribution in [3.63, 3.8) is 0 Å². The predicted molar refractivity (Wildman–Crippen MR) is 64.6 cm³/mol. The molecule has 1 aliphatic carbocycles. The van der Waals surface area contributed by atoms with Gasteiger partial charge in [-0.25, -0.2) is 4.98 Å². The Morgan fingerprint density at radius 2 is 2.12 bits per heavy atom. The van der Waals surface area contributed by atoms with E-state index in [1.807, 2.05) is 6.33 Å². The molecule has 0 spiro atoms.